The van der Waals surface area contributed by atoms with E-state index in [1.54, 1.807) is 0 Å². The van der Waals surface area contributed by atoms with Gasteiger partial charge < -0.3 is 0 Å². The molecule has 17 heavy (non-hydrogen) atoms. The zero-order valence-electron chi connectivity index (χ0n) is 11.1. The van der Waals surface area contributed by atoms with Gasteiger partial charge in [-0.05, 0) is 24.7 Å². The number of hydrogen-bond donors (Lipinski definition) is 0. The fourth-order valence-electron chi connectivity index (χ4n) is 1.73. The van der Waals surface area contributed by atoms with Gasteiger partial charge in [-0.3, -0.25) is 4.68 Å². The molecular weight excluding hydrogens is 212 g/mol. The summed E-state index contributed by atoms with van der Waals surface area (Å²) in [6.45, 7) is 7.51. The van der Waals surface area contributed by atoms with Crippen LogP contribution in [0.3, 0.4) is 0 Å². The molecule has 0 unspecified atom stereocenters. The topological polar surface area (TPSA) is 54.5 Å². The summed E-state index contributed by atoms with van der Waals surface area (Å²) in [5.74, 6) is 0. The van der Waals surface area contributed by atoms with E-state index in [4.69, 9.17) is 5.26 Å². The van der Waals surface area contributed by atoms with E-state index in [2.05, 4.69) is 37.2 Å². The van der Waals surface area contributed by atoms with Gasteiger partial charge in [-0.15, -0.1) is 5.10 Å². The Morgan fingerprint density at radius 3 is 2.71 bits per heavy atom. The van der Waals surface area contributed by atoms with Crippen molar-refractivity contribution in [3.8, 4) is 6.07 Å². The first-order chi connectivity index (χ1) is 8.01. The molecule has 0 aromatic carbocycles. The van der Waals surface area contributed by atoms with Crippen molar-refractivity contribution in [1.82, 2.24) is 15.0 Å². The first-order valence-corrected chi connectivity index (χ1v) is 6.27. The molecule has 0 fully saturated rings. The average molecular weight is 234 g/mol. The van der Waals surface area contributed by atoms with Crippen molar-refractivity contribution in [3.63, 3.8) is 0 Å². The third kappa shape index (κ3) is 6.06. The van der Waals surface area contributed by atoms with Crippen molar-refractivity contribution in [2.24, 2.45) is 5.41 Å². The molecule has 1 aromatic rings. The molecule has 1 rings (SSSR count). The quantitative estimate of drug-likeness (QED) is 0.711. The van der Waals surface area contributed by atoms with Gasteiger partial charge in [0.25, 0.3) is 0 Å². The molecule has 0 bridgehead atoms. The minimum atomic E-state index is 0.258. The van der Waals surface area contributed by atoms with E-state index in [-0.39, 0.29) is 5.41 Å². The highest BCUT2D eigenvalue weighted by molar-refractivity contribution is 4.95. The summed E-state index contributed by atoms with van der Waals surface area (Å²) < 4.78 is 1.91. The molecular formula is C13H22N4. The smallest absolute Gasteiger partial charge is 0.0832 e. The van der Waals surface area contributed by atoms with E-state index in [0.717, 1.165) is 37.9 Å². The number of hydrogen-bond acceptors (Lipinski definition) is 3. The van der Waals surface area contributed by atoms with Crippen molar-refractivity contribution < 1.29 is 0 Å². The van der Waals surface area contributed by atoms with E-state index in [9.17, 15) is 0 Å². The van der Waals surface area contributed by atoms with Crippen LogP contribution in [0.25, 0.3) is 0 Å². The minimum Gasteiger partial charge on any atom is -0.252 e. The van der Waals surface area contributed by atoms with Crippen LogP contribution in [0.4, 0.5) is 0 Å². The lowest BCUT2D eigenvalue weighted by Gasteiger charge is -2.15. The Morgan fingerprint density at radius 1 is 1.29 bits per heavy atom. The minimum absolute atomic E-state index is 0.258. The molecule has 0 radical (unpaired) electrons. The lowest BCUT2D eigenvalue weighted by Crippen LogP contribution is -2.09. The highest BCUT2D eigenvalue weighted by Crippen LogP contribution is 2.18. The van der Waals surface area contributed by atoms with Crippen LogP contribution >= 0.6 is 0 Å². The summed E-state index contributed by atoms with van der Waals surface area (Å²) in [4.78, 5) is 0. The Balaban J connectivity index is 2.29. The summed E-state index contributed by atoms with van der Waals surface area (Å²) in [6, 6.07) is 2.16. The van der Waals surface area contributed by atoms with E-state index in [0.29, 0.717) is 6.42 Å². The van der Waals surface area contributed by atoms with Gasteiger partial charge in [0.1, 0.15) is 0 Å². The molecule has 0 aliphatic heterocycles. The maximum atomic E-state index is 8.42. The zero-order valence-corrected chi connectivity index (χ0v) is 11.1. The van der Waals surface area contributed by atoms with Crippen LogP contribution in [0, 0.1) is 16.7 Å². The van der Waals surface area contributed by atoms with E-state index in [1.807, 2.05) is 10.9 Å². The summed E-state index contributed by atoms with van der Waals surface area (Å²) in [7, 11) is 0. The molecule has 1 heterocycles. The molecule has 4 heteroatoms. The normalized spacial score (nSPS) is 11.4. The first-order valence-electron chi connectivity index (χ1n) is 6.27. The Labute approximate surface area is 104 Å². The van der Waals surface area contributed by atoms with Crippen molar-refractivity contribution in [2.75, 3.05) is 0 Å². The van der Waals surface area contributed by atoms with Crippen LogP contribution < -0.4 is 0 Å². The van der Waals surface area contributed by atoms with E-state index >= 15 is 0 Å². The van der Waals surface area contributed by atoms with Gasteiger partial charge in [0.2, 0.25) is 0 Å². The van der Waals surface area contributed by atoms with Crippen LogP contribution in [-0.2, 0) is 13.0 Å². The number of aryl methyl sites for hydroxylation is 1. The van der Waals surface area contributed by atoms with Crippen LogP contribution in [0.2, 0.25) is 0 Å². The fourth-order valence-corrected chi connectivity index (χ4v) is 1.73. The lowest BCUT2D eigenvalue weighted by molar-refractivity contribution is 0.406. The van der Waals surface area contributed by atoms with Crippen LogP contribution in [0.15, 0.2) is 6.20 Å². The molecule has 0 saturated heterocycles. The summed E-state index contributed by atoms with van der Waals surface area (Å²) >= 11 is 0. The molecule has 94 valence electrons. The molecule has 0 amide bonds. The largest absolute Gasteiger partial charge is 0.252 e. The highest BCUT2D eigenvalue weighted by Gasteiger charge is 2.13. The second-order valence-corrected chi connectivity index (χ2v) is 5.68. The number of nitrogens with zero attached hydrogens (tertiary/aromatic N) is 4. The molecule has 0 aliphatic rings. The van der Waals surface area contributed by atoms with Gasteiger partial charge in [0.15, 0.2) is 0 Å². The second-order valence-electron chi connectivity index (χ2n) is 5.68. The van der Waals surface area contributed by atoms with Crippen molar-refractivity contribution in [1.29, 1.82) is 5.26 Å². The van der Waals surface area contributed by atoms with E-state index in [1.165, 1.54) is 0 Å². The number of unbranched alkanes of at least 4 members (excludes halogenated alkanes) is 3. The Hall–Kier alpha value is -1.37. The second kappa shape index (κ2) is 6.39. The van der Waals surface area contributed by atoms with E-state index < -0.39 is 0 Å². The maximum Gasteiger partial charge on any atom is 0.0832 e. The Morgan fingerprint density at radius 2 is 2.06 bits per heavy atom. The predicted molar refractivity (Wildman–Crippen MR) is 67.3 cm³/mol. The maximum absolute atomic E-state index is 8.42. The molecule has 4 nitrogen and oxygen atoms in total. The van der Waals surface area contributed by atoms with Crippen LogP contribution in [0.1, 0.15) is 52.1 Å². The first kappa shape index (κ1) is 13.7. The van der Waals surface area contributed by atoms with Crippen LogP contribution in [0.5, 0.6) is 0 Å². The lowest BCUT2D eigenvalue weighted by atomic mass is 9.91. The number of aromatic nitrogens is 3. The van der Waals surface area contributed by atoms with Gasteiger partial charge in [0, 0.05) is 19.2 Å². The number of nitriles is 1. The molecule has 0 spiro atoms. The van der Waals surface area contributed by atoms with Gasteiger partial charge in [-0.1, -0.05) is 32.4 Å². The predicted octanol–water partition coefficient (Wildman–Crippen LogP) is 2.95. The van der Waals surface area contributed by atoms with Crippen molar-refractivity contribution in [2.45, 2.75) is 59.4 Å². The van der Waals surface area contributed by atoms with Gasteiger partial charge in [-0.25, -0.2) is 0 Å². The van der Waals surface area contributed by atoms with Crippen molar-refractivity contribution >= 4 is 0 Å². The highest BCUT2D eigenvalue weighted by atomic mass is 15.4. The Bertz CT molecular complexity index is 368. The molecule has 0 N–H and O–H groups in total. The Kier molecular flexibility index (Phi) is 5.14. The standard InChI is InChI=1S/C13H22N4/c1-13(2,3)10-12-11-17(16-15-12)9-7-5-4-6-8-14/h11H,4-7,9-10H2,1-3H3. The average Bonchev–Trinajstić information content (AvgIpc) is 2.63. The molecule has 1 aromatic heterocycles. The third-order valence-electron chi connectivity index (χ3n) is 2.47. The molecule has 0 atom stereocenters. The monoisotopic (exact) mass is 234 g/mol. The van der Waals surface area contributed by atoms with Crippen LogP contribution in [-0.4, -0.2) is 15.0 Å². The van der Waals surface area contributed by atoms with Gasteiger partial charge >= 0.3 is 0 Å². The SMILES string of the molecule is CC(C)(C)Cc1cn(CCCCCC#N)nn1. The van der Waals surface area contributed by atoms with Gasteiger partial charge in [0.05, 0.1) is 11.8 Å². The zero-order chi connectivity index (χ0) is 12.7. The third-order valence-corrected chi connectivity index (χ3v) is 2.47. The molecule has 0 saturated carbocycles. The summed E-state index contributed by atoms with van der Waals surface area (Å²) in [6.07, 6.45) is 6.80. The number of rotatable bonds is 6. The van der Waals surface area contributed by atoms with Gasteiger partial charge in [-0.2, -0.15) is 5.26 Å². The summed E-state index contributed by atoms with van der Waals surface area (Å²) in [5, 5.41) is 16.7. The van der Waals surface area contributed by atoms with Crippen molar-refractivity contribution in [3.05, 3.63) is 11.9 Å². The summed E-state index contributed by atoms with van der Waals surface area (Å²) in [5.41, 5.74) is 1.32. The fraction of sp³-hybridized carbons (Fsp3) is 0.769. The molecule has 0 aliphatic carbocycles.